The molecule has 3 aromatic heterocycles. The Labute approximate surface area is 242 Å². The molecule has 1 aromatic carbocycles. The normalized spacial score (nSPS) is 16.7. The van der Waals surface area contributed by atoms with E-state index >= 15 is 0 Å². The fraction of sp³-hybridized carbons (Fsp3) is 0.310. The summed E-state index contributed by atoms with van der Waals surface area (Å²) in [5.41, 5.74) is 3.35. The van der Waals surface area contributed by atoms with Gasteiger partial charge in [-0.15, -0.1) is 0 Å². The summed E-state index contributed by atoms with van der Waals surface area (Å²) >= 11 is 12.4. The number of pyridine rings is 2. The Morgan fingerprint density at radius 1 is 1.12 bits per heavy atom. The summed E-state index contributed by atoms with van der Waals surface area (Å²) in [7, 11) is 0. The number of carboxylic acids is 1. The van der Waals surface area contributed by atoms with E-state index < -0.39 is 17.9 Å². The summed E-state index contributed by atoms with van der Waals surface area (Å²) in [5, 5.41) is 14.1. The molecule has 0 unspecified atom stereocenters. The van der Waals surface area contributed by atoms with Crippen LogP contribution in [0.3, 0.4) is 0 Å². The molecule has 0 atom stereocenters. The molecule has 4 heterocycles. The molecule has 2 fully saturated rings. The zero-order valence-electron chi connectivity index (χ0n) is 21.7. The second kappa shape index (κ2) is 10.0. The van der Waals surface area contributed by atoms with Crippen LogP contribution in [0.25, 0.3) is 28.2 Å². The molecule has 1 saturated heterocycles. The summed E-state index contributed by atoms with van der Waals surface area (Å²) in [6.07, 6.45) is 2.52. The molecule has 1 spiro atoms. The van der Waals surface area contributed by atoms with E-state index in [1.165, 1.54) is 18.5 Å². The molecular weight excluding hydrogens is 580 g/mol. The predicted octanol–water partition coefficient (Wildman–Crippen LogP) is 8.08. The SMILES string of the molecule is Cc1cc(C(=O)O)nc2ccc(N3CCC4(CC3)CC(=Cc3c(-c5c(Cl)cncc5Cl)noc3C(F)(F)F)C4)cc12. The van der Waals surface area contributed by atoms with Crippen molar-refractivity contribution >= 4 is 51.8 Å². The van der Waals surface area contributed by atoms with Gasteiger partial charge in [0, 0.05) is 42.1 Å². The first-order chi connectivity index (χ1) is 19.4. The molecule has 4 aromatic rings. The first-order valence-electron chi connectivity index (χ1n) is 12.9. The van der Waals surface area contributed by atoms with Crippen LogP contribution in [-0.2, 0) is 6.18 Å². The standard InChI is InChI=1S/C29H23Cl2F3N4O3/c1-15-8-23(27(39)40)36-22-3-2-17(10-18(15)22)38-6-4-28(5-7-38)11-16(12-28)9-19-25(37-41-26(19)29(32,33)34)24-20(30)13-35-14-21(24)31/h2-3,8-10,13-14H,4-7,11-12H2,1H3,(H,39,40). The van der Waals surface area contributed by atoms with Crippen LogP contribution >= 0.6 is 23.2 Å². The smallest absolute Gasteiger partial charge is 0.453 e. The maximum Gasteiger partial charge on any atom is 0.453 e. The van der Waals surface area contributed by atoms with Crippen LogP contribution in [0.1, 0.15) is 53.1 Å². The van der Waals surface area contributed by atoms with Crippen molar-refractivity contribution in [2.75, 3.05) is 18.0 Å². The number of nitrogens with zero attached hydrogens (tertiary/aromatic N) is 4. The van der Waals surface area contributed by atoms with Crippen LogP contribution in [-0.4, -0.2) is 39.3 Å². The number of hydrogen-bond donors (Lipinski definition) is 1. The lowest BCUT2D eigenvalue weighted by molar-refractivity contribution is -0.155. The second-order valence-corrected chi connectivity index (χ2v) is 11.5. The van der Waals surface area contributed by atoms with Crippen molar-refractivity contribution in [3.8, 4) is 11.3 Å². The van der Waals surface area contributed by atoms with E-state index in [-0.39, 0.29) is 38.0 Å². The number of hydrogen-bond acceptors (Lipinski definition) is 6. The van der Waals surface area contributed by atoms with Crippen molar-refractivity contribution in [3.05, 3.63) is 74.9 Å². The van der Waals surface area contributed by atoms with Crippen LogP contribution in [0.15, 0.2) is 46.8 Å². The molecular formula is C29H23Cl2F3N4O3. The lowest BCUT2D eigenvalue weighted by Gasteiger charge is -2.50. The van der Waals surface area contributed by atoms with Crippen molar-refractivity contribution in [2.24, 2.45) is 5.41 Å². The number of carboxylic acid groups (broad SMARTS) is 1. The van der Waals surface area contributed by atoms with Crippen LogP contribution in [0, 0.1) is 12.3 Å². The van der Waals surface area contributed by atoms with E-state index in [0.717, 1.165) is 48.1 Å². The van der Waals surface area contributed by atoms with Gasteiger partial charge in [0.2, 0.25) is 5.76 Å². The van der Waals surface area contributed by atoms with Gasteiger partial charge < -0.3 is 14.5 Å². The predicted molar refractivity (Wildman–Crippen MR) is 149 cm³/mol. The lowest BCUT2D eigenvalue weighted by Crippen LogP contribution is -2.44. The fourth-order valence-corrected chi connectivity index (χ4v) is 6.50. The highest BCUT2D eigenvalue weighted by molar-refractivity contribution is 6.39. The topological polar surface area (TPSA) is 92.3 Å². The van der Waals surface area contributed by atoms with Crippen molar-refractivity contribution < 1.29 is 27.6 Å². The maximum absolute atomic E-state index is 13.8. The van der Waals surface area contributed by atoms with Gasteiger partial charge in [-0.2, -0.15) is 13.2 Å². The number of aromatic nitrogens is 3. The molecule has 6 rings (SSSR count). The van der Waals surface area contributed by atoms with E-state index in [1.54, 1.807) is 6.07 Å². The van der Waals surface area contributed by atoms with Crippen LogP contribution < -0.4 is 4.90 Å². The molecule has 1 N–H and O–H groups in total. The minimum Gasteiger partial charge on any atom is -0.477 e. The van der Waals surface area contributed by atoms with Crippen molar-refractivity contribution in [2.45, 2.75) is 38.8 Å². The fourth-order valence-electron chi connectivity index (χ4n) is 5.95. The number of piperidine rings is 1. The molecule has 1 aliphatic carbocycles. The van der Waals surface area contributed by atoms with Gasteiger partial charge in [-0.3, -0.25) is 4.98 Å². The Kier molecular flexibility index (Phi) is 6.73. The molecule has 12 heteroatoms. The lowest BCUT2D eigenvalue weighted by atomic mass is 9.60. The van der Waals surface area contributed by atoms with Crippen LogP contribution in [0.5, 0.6) is 0 Å². The largest absolute Gasteiger partial charge is 0.477 e. The third kappa shape index (κ3) is 5.04. The number of allylic oxidation sites excluding steroid dienone is 1. The van der Waals surface area contributed by atoms with Crippen molar-refractivity contribution in [1.82, 2.24) is 15.1 Å². The van der Waals surface area contributed by atoms with Gasteiger partial charge in [0.15, 0.2) is 0 Å². The second-order valence-electron chi connectivity index (χ2n) is 10.7. The third-order valence-electron chi connectivity index (χ3n) is 8.04. The molecule has 0 bridgehead atoms. The molecule has 0 radical (unpaired) electrons. The summed E-state index contributed by atoms with van der Waals surface area (Å²) in [6, 6.07) is 7.40. The highest BCUT2D eigenvalue weighted by Gasteiger charge is 2.45. The van der Waals surface area contributed by atoms with Gasteiger partial charge in [-0.05, 0) is 73.9 Å². The summed E-state index contributed by atoms with van der Waals surface area (Å²) in [5.74, 6) is -2.24. The summed E-state index contributed by atoms with van der Waals surface area (Å²) in [6.45, 7) is 3.47. The van der Waals surface area contributed by atoms with Gasteiger partial charge >= 0.3 is 12.1 Å². The highest BCUT2D eigenvalue weighted by Crippen LogP contribution is 2.54. The molecule has 0 amide bonds. The zero-order valence-corrected chi connectivity index (χ0v) is 23.2. The summed E-state index contributed by atoms with van der Waals surface area (Å²) < 4.78 is 46.2. The van der Waals surface area contributed by atoms with Gasteiger partial charge in [-0.1, -0.05) is 33.9 Å². The number of anilines is 1. The number of aromatic carboxylic acids is 1. The van der Waals surface area contributed by atoms with E-state index in [1.807, 2.05) is 25.1 Å². The monoisotopic (exact) mass is 602 g/mol. The number of benzene rings is 1. The molecule has 7 nitrogen and oxygen atoms in total. The van der Waals surface area contributed by atoms with E-state index in [9.17, 15) is 23.1 Å². The van der Waals surface area contributed by atoms with Crippen molar-refractivity contribution in [1.29, 1.82) is 0 Å². The van der Waals surface area contributed by atoms with E-state index in [4.69, 9.17) is 27.7 Å². The minimum absolute atomic E-state index is 0.0177. The average molecular weight is 603 g/mol. The van der Waals surface area contributed by atoms with E-state index in [2.05, 4.69) is 20.0 Å². The number of fused-ring (bicyclic) bond motifs is 1. The first kappa shape index (κ1) is 27.5. The van der Waals surface area contributed by atoms with Gasteiger partial charge in [0.25, 0.3) is 0 Å². The number of carbonyl (C=O) groups is 1. The Hall–Kier alpha value is -3.63. The van der Waals surface area contributed by atoms with Gasteiger partial charge in [0.05, 0.1) is 21.1 Å². The molecule has 41 heavy (non-hydrogen) atoms. The highest BCUT2D eigenvalue weighted by atomic mass is 35.5. The zero-order chi connectivity index (χ0) is 29.1. The number of halogens is 5. The van der Waals surface area contributed by atoms with Crippen LogP contribution in [0.4, 0.5) is 18.9 Å². The molecule has 1 aliphatic heterocycles. The third-order valence-corrected chi connectivity index (χ3v) is 8.61. The first-order valence-corrected chi connectivity index (χ1v) is 13.6. The maximum atomic E-state index is 13.8. The van der Waals surface area contributed by atoms with Gasteiger partial charge in [-0.25, -0.2) is 9.78 Å². The Morgan fingerprint density at radius 2 is 1.80 bits per heavy atom. The van der Waals surface area contributed by atoms with E-state index in [0.29, 0.717) is 18.4 Å². The molecule has 2 aliphatic rings. The molecule has 1 saturated carbocycles. The molecule has 212 valence electrons. The summed E-state index contributed by atoms with van der Waals surface area (Å²) in [4.78, 5) is 21.7. The quantitative estimate of drug-likeness (QED) is 0.252. The van der Waals surface area contributed by atoms with Crippen molar-refractivity contribution in [3.63, 3.8) is 0 Å². The number of aryl methyl sites for hydroxylation is 1. The van der Waals surface area contributed by atoms with Crippen LogP contribution in [0.2, 0.25) is 10.0 Å². The average Bonchev–Trinajstić information content (AvgIpc) is 3.31. The minimum atomic E-state index is -4.74. The van der Waals surface area contributed by atoms with Gasteiger partial charge in [0.1, 0.15) is 11.4 Å². The number of alkyl halides is 3. The Bertz CT molecular complexity index is 1700. The Balaban J connectivity index is 1.20. The number of rotatable bonds is 4. The Morgan fingerprint density at radius 3 is 2.44 bits per heavy atom.